The number of rotatable bonds is 5. The molecular weight excluding hydrogens is 280 g/mol. The van der Waals surface area contributed by atoms with Crippen LogP contribution in [-0.2, 0) is 0 Å². The zero-order valence-corrected chi connectivity index (χ0v) is 14.9. The summed E-state index contributed by atoms with van der Waals surface area (Å²) in [7, 11) is 1.73. The molecule has 1 saturated carbocycles. The van der Waals surface area contributed by atoms with Gasteiger partial charge in [-0.3, -0.25) is 0 Å². The second kappa shape index (κ2) is 8.04. The van der Waals surface area contributed by atoms with Crippen molar-refractivity contribution in [2.45, 2.75) is 64.7 Å². The van der Waals surface area contributed by atoms with Gasteiger partial charge in [0.1, 0.15) is 5.75 Å². The summed E-state index contributed by atoms with van der Waals surface area (Å²) >= 11 is 0. The molecule has 0 unspecified atom stereocenters. The van der Waals surface area contributed by atoms with Gasteiger partial charge in [-0.1, -0.05) is 50.8 Å². The van der Waals surface area contributed by atoms with Crippen molar-refractivity contribution >= 4 is 5.57 Å². The van der Waals surface area contributed by atoms with Gasteiger partial charge in [-0.05, 0) is 73.1 Å². The lowest BCUT2D eigenvalue weighted by Crippen LogP contribution is -2.23. The smallest absolute Gasteiger partial charge is 0.118 e. The topological polar surface area (TPSA) is 9.23 Å². The van der Waals surface area contributed by atoms with E-state index in [4.69, 9.17) is 4.74 Å². The van der Waals surface area contributed by atoms with Crippen LogP contribution in [0.4, 0.5) is 0 Å². The van der Waals surface area contributed by atoms with Crippen molar-refractivity contribution in [3.8, 4) is 5.75 Å². The fraction of sp³-hybridized carbons (Fsp3) is 0.636. The van der Waals surface area contributed by atoms with Crippen LogP contribution in [0.25, 0.3) is 5.57 Å². The summed E-state index contributed by atoms with van der Waals surface area (Å²) in [6, 6.07) is 8.58. The van der Waals surface area contributed by atoms with Gasteiger partial charge in [0, 0.05) is 0 Å². The molecule has 2 aliphatic rings. The quantitative estimate of drug-likeness (QED) is 0.604. The minimum atomic E-state index is 0.944. The van der Waals surface area contributed by atoms with E-state index in [0.717, 1.165) is 23.5 Å². The van der Waals surface area contributed by atoms with E-state index in [1.54, 1.807) is 12.7 Å². The third kappa shape index (κ3) is 4.19. The average Bonchev–Trinajstić information content (AvgIpc) is 2.63. The highest BCUT2D eigenvalue weighted by Gasteiger charge is 2.28. The third-order valence-electron chi connectivity index (χ3n) is 6.17. The number of hydrogen-bond acceptors (Lipinski definition) is 1. The van der Waals surface area contributed by atoms with Gasteiger partial charge in [0.25, 0.3) is 0 Å². The molecule has 0 saturated heterocycles. The Balaban J connectivity index is 1.54. The molecule has 126 valence electrons. The van der Waals surface area contributed by atoms with Crippen molar-refractivity contribution in [1.82, 2.24) is 0 Å². The summed E-state index contributed by atoms with van der Waals surface area (Å²) in [5.41, 5.74) is 2.93. The van der Waals surface area contributed by atoms with Crippen LogP contribution >= 0.6 is 0 Å². The van der Waals surface area contributed by atoms with Gasteiger partial charge in [-0.2, -0.15) is 0 Å². The normalized spacial score (nSPS) is 28.3. The Morgan fingerprint density at radius 2 is 1.70 bits per heavy atom. The minimum absolute atomic E-state index is 0.944. The molecule has 1 nitrogen and oxygen atoms in total. The van der Waals surface area contributed by atoms with Gasteiger partial charge in [0.15, 0.2) is 0 Å². The van der Waals surface area contributed by atoms with E-state index in [1.165, 1.54) is 63.4 Å². The zero-order chi connectivity index (χ0) is 16.1. The molecule has 1 aromatic rings. The van der Waals surface area contributed by atoms with Crippen LogP contribution in [0.2, 0.25) is 0 Å². The molecule has 1 aromatic carbocycles. The highest BCUT2D eigenvalue weighted by molar-refractivity contribution is 5.66. The number of hydrogen-bond donors (Lipinski definition) is 0. The number of allylic oxidation sites excluding steroid dienone is 2. The Kier molecular flexibility index (Phi) is 5.80. The van der Waals surface area contributed by atoms with E-state index in [9.17, 15) is 0 Å². The van der Waals surface area contributed by atoms with Crippen LogP contribution in [0.1, 0.15) is 70.3 Å². The van der Waals surface area contributed by atoms with Crippen LogP contribution in [0.3, 0.4) is 0 Å². The van der Waals surface area contributed by atoms with Crippen molar-refractivity contribution in [1.29, 1.82) is 0 Å². The molecule has 1 atom stereocenters. The van der Waals surface area contributed by atoms with Crippen LogP contribution in [0, 0.1) is 17.8 Å². The molecule has 23 heavy (non-hydrogen) atoms. The third-order valence-corrected chi connectivity index (χ3v) is 6.17. The molecule has 3 rings (SSSR count). The second-order valence-electron chi connectivity index (χ2n) is 7.56. The molecule has 0 aromatic heterocycles. The van der Waals surface area contributed by atoms with E-state index in [-0.39, 0.29) is 0 Å². The molecule has 1 heteroatoms. The summed E-state index contributed by atoms with van der Waals surface area (Å²) in [6.45, 7) is 2.33. The first-order valence-corrected chi connectivity index (χ1v) is 9.63. The molecule has 2 aliphatic carbocycles. The van der Waals surface area contributed by atoms with Gasteiger partial charge >= 0.3 is 0 Å². The van der Waals surface area contributed by atoms with Gasteiger partial charge in [-0.15, -0.1) is 0 Å². The van der Waals surface area contributed by atoms with Gasteiger partial charge in [-0.25, -0.2) is 0 Å². The Hall–Kier alpha value is -1.24. The van der Waals surface area contributed by atoms with E-state index in [0.29, 0.717) is 0 Å². The van der Waals surface area contributed by atoms with E-state index in [1.807, 2.05) is 0 Å². The monoisotopic (exact) mass is 312 g/mol. The van der Waals surface area contributed by atoms with Gasteiger partial charge in [0.05, 0.1) is 7.11 Å². The molecule has 0 amide bonds. The maximum Gasteiger partial charge on any atom is 0.118 e. The standard InChI is InChI=1S/C22H32O/c1-3-4-17-5-7-18(8-6-17)19-9-11-20(12-10-19)21-13-15-22(23-2)16-14-21/h11,13-19H,3-10,12H2,1-2H3/t17?,18?,19-/m0/s1. The second-order valence-corrected chi connectivity index (χ2v) is 7.56. The summed E-state index contributed by atoms with van der Waals surface area (Å²) in [6.07, 6.45) is 15.2. The van der Waals surface area contributed by atoms with Crippen LogP contribution in [0.5, 0.6) is 5.75 Å². The van der Waals surface area contributed by atoms with Gasteiger partial charge in [0.2, 0.25) is 0 Å². The Morgan fingerprint density at radius 1 is 0.957 bits per heavy atom. The fourth-order valence-corrected chi connectivity index (χ4v) is 4.71. The van der Waals surface area contributed by atoms with E-state index in [2.05, 4.69) is 37.3 Å². The molecule has 0 heterocycles. The average molecular weight is 312 g/mol. The lowest BCUT2D eigenvalue weighted by molar-refractivity contribution is 0.189. The van der Waals surface area contributed by atoms with Crippen LogP contribution in [-0.4, -0.2) is 7.11 Å². The molecule has 0 aliphatic heterocycles. The molecule has 0 bridgehead atoms. The highest BCUT2D eigenvalue weighted by atomic mass is 16.5. The number of methoxy groups -OCH3 is 1. The van der Waals surface area contributed by atoms with Crippen molar-refractivity contribution in [2.24, 2.45) is 17.8 Å². The van der Waals surface area contributed by atoms with E-state index < -0.39 is 0 Å². The predicted molar refractivity (Wildman–Crippen MR) is 98.7 cm³/mol. The summed E-state index contributed by atoms with van der Waals surface area (Å²) in [5.74, 6) is 3.92. The van der Waals surface area contributed by atoms with Crippen molar-refractivity contribution in [3.63, 3.8) is 0 Å². The lowest BCUT2D eigenvalue weighted by atomic mass is 9.70. The first kappa shape index (κ1) is 16.6. The summed E-state index contributed by atoms with van der Waals surface area (Å²) < 4.78 is 5.26. The van der Waals surface area contributed by atoms with E-state index >= 15 is 0 Å². The van der Waals surface area contributed by atoms with Crippen molar-refractivity contribution in [3.05, 3.63) is 35.9 Å². The van der Waals surface area contributed by atoms with Crippen LogP contribution in [0.15, 0.2) is 30.3 Å². The molecule has 1 fully saturated rings. The molecule has 0 radical (unpaired) electrons. The molecule has 0 spiro atoms. The van der Waals surface area contributed by atoms with Crippen LogP contribution < -0.4 is 4.74 Å². The molecular formula is C22H32O. The lowest BCUT2D eigenvalue weighted by Gasteiger charge is -2.35. The SMILES string of the molecule is CCCC1CCC([C@H]2CC=C(c3ccc(OC)cc3)CC2)CC1. The maximum absolute atomic E-state index is 5.26. The van der Waals surface area contributed by atoms with Crippen molar-refractivity contribution in [2.75, 3.05) is 7.11 Å². The molecule has 0 N–H and O–H groups in total. The largest absolute Gasteiger partial charge is 0.497 e. The highest BCUT2D eigenvalue weighted by Crippen LogP contribution is 2.42. The Bertz CT molecular complexity index is 505. The van der Waals surface area contributed by atoms with Crippen molar-refractivity contribution < 1.29 is 4.74 Å². The Labute approximate surface area is 142 Å². The maximum atomic E-state index is 5.26. The Morgan fingerprint density at radius 3 is 2.26 bits per heavy atom. The number of ether oxygens (including phenoxy) is 1. The number of benzene rings is 1. The first-order valence-electron chi connectivity index (χ1n) is 9.63. The first-order chi connectivity index (χ1) is 11.3. The minimum Gasteiger partial charge on any atom is -0.497 e. The summed E-state index contributed by atoms with van der Waals surface area (Å²) in [4.78, 5) is 0. The zero-order valence-electron chi connectivity index (χ0n) is 14.9. The fourth-order valence-electron chi connectivity index (χ4n) is 4.71. The summed E-state index contributed by atoms with van der Waals surface area (Å²) in [5, 5.41) is 0. The predicted octanol–water partition coefficient (Wildman–Crippen LogP) is 6.49. The van der Waals surface area contributed by atoms with Gasteiger partial charge < -0.3 is 4.74 Å².